The van der Waals surface area contributed by atoms with Gasteiger partial charge in [0.05, 0.1) is 21.3 Å². The Bertz CT molecular complexity index is 2620. The van der Waals surface area contributed by atoms with Crippen LogP contribution < -0.4 is 4.74 Å². The predicted molar refractivity (Wildman–Crippen MR) is 202 cm³/mol. The number of aromatic nitrogens is 2. The molecule has 0 bridgehead atoms. The second kappa shape index (κ2) is 10.4. The molecule has 1 aliphatic heterocycles. The molecule has 0 aliphatic carbocycles. The molecule has 0 saturated carbocycles. The van der Waals surface area contributed by atoms with Crippen molar-refractivity contribution in [3.05, 3.63) is 143 Å². The second-order valence-electron chi connectivity index (χ2n) is 13.7. The molecule has 0 radical (unpaired) electrons. The first-order valence-electron chi connectivity index (χ1n) is 16.6. The Labute approximate surface area is 285 Å². The predicted octanol–water partition coefficient (Wildman–Crippen LogP) is 12.4. The third kappa shape index (κ3) is 4.02. The van der Waals surface area contributed by atoms with E-state index in [4.69, 9.17) is 9.72 Å². The molecule has 0 spiro atoms. The Morgan fingerprint density at radius 3 is 1.96 bits per heavy atom. The Morgan fingerprint density at radius 1 is 0.583 bits per heavy atom. The average Bonchev–Trinajstić information content (AvgIpc) is 3.63. The molecule has 3 heterocycles. The average molecular weight is 641 g/mol. The summed E-state index contributed by atoms with van der Waals surface area (Å²) >= 11 is 1.78. The van der Waals surface area contributed by atoms with Crippen LogP contribution in [0.15, 0.2) is 109 Å². The Balaban J connectivity index is 1.23. The van der Waals surface area contributed by atoms with Gasteiger partial charge in [0.1, 0.15) is 11.5 Å². The van der Waals surface area contributed by atoms with E-state index < -0.39 is 0 Å². The number of hydrogen-bond donors (Lipinski definition) is 0. The normalized spacial score (nSPS) is 13.5. The molecule has 234 valence electrons. The molecule has 0 fully saturated rings. The van der Waals surface area contributed by atoms with E-state index in [-0.39, 0.29) is 5.41 Å². The van der Waals surface area contributed by atoms with Crippen molar-refractivity contribution in [2.24, 2.45) is 0 Å². The zero-order valence-corrected chi connectivity index (χ0v) is 28.9. The van der Waals surface area contributed by atoms with Crippen LogP contribution in [0.5, 0.6) is 11.5 Å². The second-order valence-corrected chi connectivity index (χ2v) is 14.7. The summed E-state index contributed by atoms with van der Waals surface area (Å²) in [5.41, 5.74) is 18.2. The van der Waals surface area contributed by atoms with Gasteiger partial charge in [0.15, 0.2) is 4.96 Å². The third-order valence-electron chi connectivity index (χ3n) is 10.6. The van der Waals surface area contributed by atoms with Gasteiger partial charge in [-0.15, -0.1) is 0 Å². The maximum Gasteiger partial charge on any atom is 0.195 e. The quantitative estimate of drug-likeness (QED) is 0.192. The van der Waals surface area contributed by atoms with E-state index in [2.05, 4.69) is 155 Å². The van der Waals surface area contributed by atoms with Crippen molar-refractivity contribution in [3.63, 3.8) is 0 Å². The standard InChI is InChI=1S/C44H36N2OS/c1-25-21-23-29(27(3)39(25)31-13-11-16-34-41(31)47-38-20-10-7-15-33(38)44(34,5)6)30-24-22-26(2)40(28(30)4)32-14-12-19-37-42(32)48-43-45-35-17-8-9-18-36(35)46(37)43/h7-24H,1-6H3. The lowest BCUT2D eigenvalue weighted by molar-refractivity contribution is 0.419. The molecule has 3 nitrogen and oxygen atoms in total. The number of fused-ring (bicyclic) bond motifs is 7. The lowest BCUT2D eigenvalue weighted by Crippen LogP contribution is -2.24. The van der Waals surface area contributed by atoms with Crippen molar-refractivity contribution < 1.29 is 4.74 Å². The van der Waals surface area contributed by atoms with Gasteiger partial charge < -0.3 is 4.74 Å². The number of imidazole rings is 1. The number of thiazole rings is 1. The molecule has 6 aromatic carbocycles. The molecule has 0 N–H and O–H groups in total. The summed E-state index contributed by atoms with van der Waals surface area (Å²) in [4.78, 5) is 6.01. The lowest BCUT2D eigenvalue weighted by Gasteiger charge is -2.35. The molecular formula is C44H36N2OS. The van der Waals surface area contributed by atoms with Crippen LogP contribution in [-0.4, -0.2) is 9.38 Å². The van der Waals surface area contributed by atoms with Gasteiger partial charge in [-0.1, -0.05) is 110 Å². The zero-order valence-electron chi connectivity index (χ0n) is 28.1. The van der Waals surface area contributed by atoms with Crippen LogP contribution >= 0.6 is 11.3 Å². The van der Waals surface area contributed by atoms with Crippen LogP contribution in [0.25, 0.3) is 59.6 Å². The van der Waals surface area contributed by atoms with Crippen LogP contribution in [0, 0.1) is 27.7 Å². The Morgan fingerprint density at radius 2 is 1.19 bits per heavy atom. The number of nitrogens with zero attached hydrogens (tertiary/aromatic N) is 2. The highest BCUT2D eigenvalue weighted by molar-refractivity contribution is 7.24. The fourth-order valence-electron chi connectivity index (χ4n) is 8.17. The van der Waals surface area contributed by atoms with Crippen molar-refractivity contribution in [1.29, 1.82) is 0 Å². The fourth-order valence-corrected chi connectivity index (χ4v) is 9.33. The zero-order chi connectivity index (χ0) is 32.9. The van der Waals surface area contributed by atoms with E-state index in [9.17, 15) is 0 Å². The maximum atomic E-state index is 6.75. The minimum Gasteiger partial charge on any atom is -0.456 e. The van der Waals surface area contributed by atoms with Crippen molar-refractivity contribution in [2.75, 3.05) is 0 Å². The fraction of sp³-hybridized carbons (Fsp3) is 0.159. The van der Waals surface area contributed by atoms with E-state index >= 15 is 0 Å². The Kier molecular flexibility index (Phi) is 6.28. The minimum atomic E-state index is -0.168. The minimum absolute atomic E-state index is 0.168. The smallest absolute Gasteiger partial charge is 0.195 e. The van der Waals surface area contributed by atoms with Gasteiger partial charge in [-0.05, 0) is 96.5 Å². The van der Waals surface area contributed by atoms with Crippen molar-refractivity contribution in [3.8, 4) is 44.9 Å². The number of para-hydroxylation sites is 4. The van der Waals surface area contributed by atoms with Gasteiger partial charge in [-0.25, -0.2) is 4.98 Å². The van der Waals surface area contributed by atoms with E-state index in [0.29, 0.717) is 0 Å². The highest BCUT2D eigenvalue weighted by Gasteiger charge is 2.35. The van der Waals surface area contributed by atoms with Crippen molar-refractivity contribution in [2.45, 2.75) is 47.0 Å². The monoisotopic (exact) mass is 640 g/mol. The van der Waals surface area contributed by atoms with Gasteiger partial charge in [0.25, 0.3) is 0 Å². The van der Waals surface area contributed by atoms with Gasteiger partial charge in [0, 0.05) is 27.7 Å². The molecule has 0 saturated heterocycles. The molecule has 2 aromatic heterocycles. The number of rotatable bonds is 3. The summed E-state index contributed by atoms with van der Waals surface area (Å²) in [6.07, 6.45) is 0. The summed E-state index contributed by atoms with van der Waals surface area (Å²) < 4.78 is 10.3. The van der Waals surface area contributed by atoms with Gasteiger partial charge in [-0.2, -0.15) is 0 Å². The number of hydrogen-bond acceptors (Lipinski definition) is 3. The van der Waals surface area contributed by atoms with Crippen LogP contribution in [0.2, 0.25) is 0 Å². The first-order chi connectivity index (χ1) is 23.2. The maximum absolute atomic E-state index is 6.75. The largest absolute Gasteiger partial charge is 0.456 e. The van der Waals surface area contributed by atoms with Crippen LogP contribution in [0.3, 0.4) is 0 Å². The topological polar surface area (TPSA) is 26.5 Å². The summed E-state index contributed by atoms with van der Waals surface area (Å²) in [6, 6.07) is 39.4. The van der Waals surface area contributed by atoms with Crippen molar-refractivity contribution >= 4 is 37.5 Å². The molecule has 9 rings (SSSR count). The molecule has 0 atom stereocenters. The molecule has 4 heteroatoms. The Hall–Kier alpha value is -5.19. The summed E-state index contributed by atoms with van der Waals surface area (Å²) in [5.74, 6) is 1.91. The summed E-state index contributed by atoms with van der Waals surface area (Å²) in [6.45, 7) is 13.6. The van der Waals surface area contributed by atoms with Gasteiger partial charge in [-0.3, -0.25) is 4.40 Å². The van der Waals surface area contributed by atoms with E-state index in [1.807, 2.05) is 0 Å². The molecule has 1 aliphatic rings. The number of ether oxygens (including phenoxy) is 1. The highest BCUT2D eigenvalue weighted by atomic mass is 32.1. The lowest BCUT2D eigenvalue weighted by atomic mass is 9.74. The first kappa shape index (κ1) is 29.0. The van der Waals surface area contributed by atoms with Crippen LogP contribution in [0.4, 0.5) is 0 Å². The molecule has 8 aromatic rings. The molecular weight excluding hydrogens is 605 g/mol. The van der Waals surface area contributed by atoms with E-state index in [0.717, 1.165) is 33.1 Å². The molecule has 0 amide bonds. The summed E-state index contributed by atoms with van der Waals surface area (Å²) in [7, 11) is 0. The SMILES string of the molecule is Cc1ccc(-c2ccc(C)c(-c3cccc4c3sc3nc5ccccc5n34)c2C)c(C)c1-c1cccc2c1Oc1ccccc1C2(C)C. The third-order valence-corrected chi connectivity index (χ3v) is 11.7. The summed E-state index contributed by atoms with van der Waals surface area (Å²) in [5, 5.41) is 0. The number of benzene rings is 6. The van der Waals surface area contributed by atoms with Gasteiger partial charge >= 0.3 is 0 Å². The van der Waals surface area contributed by atoms with E-state index in [1.165, 1.54) is 71.4 Å². The van der Waals surface area contributed by atoms with Crippen molar-refractivity contribution in [1.82, 2.24) is 9.38 Å². The number of aryl methyl sites for hydroxylation is 2. The first-order valence-corrected chi connectivity index (χ1v) is 17.5. The van der Waals surface area contributed by atoms with Crippen LogP contribution in [-0.2, 0) is 5.41 Å². The van der Waals surface area contributed by atoms with E-state index in [1.54, 1.807) is 11.3 Å². The highest BCUT2D eigenvalue weighted by Crippen LogP contribution is 2.52. The molecule has 0 unspecified atom stereocenters. The molecule has 48 heavy (non-hydrogen) atoms. The van der Waals surface area contributed by atoms with Crippen LogP contribution in [0.1, 0.15) is 47.2 Å². The van der Waals surface area contributed by atoms with Gasteiger partial charge in [0.2, 0.25) is 0 Å².